The van der Waals surface area contributed by atoms with E-state index in [-0.39, 0.29) is 23.8 Å². The zero-order valence-corrected chi connectivity index (χ0v) is 16.6. The number of amides is 1. The van der Waals surface area contributed by atoms with Crippen LogP contribution in [0.25, 0.3) is 11.3 Å². The number of piperidine rings is 1. The van der Waals surface area contributed by atoms with Crippen molar-refractivity contribution in [2.45, 2.75) is 37.9 Å². The molecule has 2 aliphatic rings. The molecule has 2 aliphatic heterocycles. The number of halogens is 3. The van der Waals surface area contributed by atoms with Gasteiger partial charge >= 0.3 is 6.18 Å². The van der Waals surface area contributed by atoms with Gasteiger partial charge in [-0.05, 0) is 31.9 Å². The minimum Gasteiger partial charge on any atom is -0.342 e. The lowest BCUT2D eigenvalue weighted by Gasteiger charge is -2.34. The predicted octanol–water partition coefficient (Wildman–Crippen LogP) is 2.98. The fourth-order valence-electron chi connectivity index (χ4n) is 4.13. The van der Waals surface area contributed by atoms with Crippen molar-refractivity contribution >= 4 is 5.91 Å². The Bertz CT molecular complexity index is 920. The van der Waals surface area contributed by atoms with Gasteiger partial charge in [-0.1, -0.05) is 12.1 Å². The lowest BCUT2D eigenvalue weighted by Crippen LogP contribution is -2.45. The third kappa shape index (κ3) is 4.32. The van der Waals surface area contributed by atoms with Crippen molar-refractivity contribution < 1.29 is 18.0 Å². The summed E-state index contributed by atoms with van der Waals surface area (Å²) in [6.07, 6.45) is 0.431. The summed E-state index contributed by atoms with van der Waals surface area (Å²) >= 11 is 0. The van der Waals surface area contributed by atoms with E-state index in [9.17, 15) is 18.0 Å². The molecule has 2 aromatic rings. The average molecular weight is 419 g/mol. The van der Waals surface area contributed by atoms with Gasteiger partial charge in [-0.25, -0.2) is 4.98 Å². The van der Waals surface area contributed by atoms with Gasteiger partial charge in [-0.15, -0.1) is 0 Å². The molecule has 3 heterocycles. The Labute approximate surface area is 172 Å². The molecule has 0 bridgehead atoms. The van der Waals surface area contributed by atoms with E-state index < -0.39 is 11.7 Å². The Morgan fingerprint density at radius 1 is 1.27 bits per heavy atom. The third-order valence-corrected chi connectivity index (χ3v) is 5.86. The minimum absolute atomic E-state index is 0.0126. The number of hydrogen-bond donors (Lipinski definition) is 2. The van der Waals surface area contributed by atoms with Crippen LogP contribution in [0.4, 0.5) is 13.2 Å². The number of nitrogens with one attached hydrogen (secondary N) is 2. The van der Waals surface area contributed by atoms with Crippen molar-refractivity contribution in [2.75, 3.05) is 19.6 Å². The molecule has 9 heteroatoms. The predicted molar refractivity (Wildman–Crippen MR) is 105 cm³/mol. The van der Waals surface area contributed by atoms with Gasteiger partial charge in [0.2, 0.25) is 5.91 Å². The van der Waals surface area contributed by atoms with Gasteiger partial charge in [0.25, 0.3) is 0 Å². The molecule has 1 amide bonds. The Balaban J connectivity index is 1.53. The van der Waals surface area contributed by atoms with E-state index in [0.29, 0.717) is 36.6 Å². The van der Waals surface area contributed by atoms with E-state index in [1.807, 2.05) is 11.8 Å². The zero-order chi connectivity index (χ0) is 21.3. The first kappa shape index (κ1) is 20.7. The summed E-state index contributed by atoms with van der Waals surface area (Å²) in [5.41, 5.74) is 6.87. The van der Waals surface area contributed by atoms with E-state index in [0.717, 1.165) is 25.0 Å². The van der Waals surface area contributed by atoms with Crippen LogP contribution in [0.2, 0.25) is 0 Å². The number of nitrogens with zero attached hydrogens (tertiary/aromatic N) is 3. The zero-order valence-electron chi connectivity index (χ0n) is 16.6. The van der Waals surface area contributed by atoms with E-state index in [4.69, 9.17) is 0 Å². The molecule has 0 saturated carbocycles. The first-order chi connectivity index (χ1) is 14.3. The molecule has 160 valence electrons. The summed E-state index contributed by atoms with van der Waals surface area (Å²) in [7, 11) is 0. The average Bonchev–Trinajstić information content (AvgIpc) is 3.19. The number of rotatable bonds is 3. The van der Waals surface area contributed by atoms with Crippen LogP contribution in [0.15, 0.2) is 36.7 Å². The van der Waals surface area contributed by atoms with Gasteiger partial charge in [-0.3, -0.25) is 20.6 Å². The molecular weight excluding hydrogens is 395 g/mol. The number of benzene rings is 1. The summed E-state index contributed by atoms with van der Waals surface area (Å²) in [6, 6.07) is 5.17. The number of hydrogen-bond acceptors (Lipinski definition) is 5. The maximum Gasteiger partial charge on any atom is 0.416 e. The van der Waals surface area contributed by atoms with Crippen molar-refractivity contribution in [3.8, 4) is 11.3 Å². The van der Waals surface area contributed by atoms with Crippen LogP contribution in [-0.4, -0.2) is 46.5 Å². The van der Waals surface area contributed by atoms with Crippen LogP contribution in [-0.2, 0) is 11.0 Å². The normalized spacial score (nSPS) is 24.8. The van der Waals surface area contributed by atoms with E-state index >= 15 is 0 Å². The highest BCUT2D eigenvalue weighted by Crippen LogP contribution is 2.32. The van der Waals surface area contributed by atoms with Crippen LogP contribution < -0.4 is 10.9 Å². The van der Waals surface area contributed by atoms with Gasteiger partial charge < -0.3 is 4.90 Å². The number of aromatic nitrogens is 2. The minimum atomic E-state index is -4.41. The number of likely N-dealkylation sites (tertiary alicyclic amines) is 1. The van der Waals surface area contributed by atoms with Gasteiger partial charge in [0.05, 0.1) is 29.1 Å². The second-order valence-corrected chi connectivity index (χ2v) is 7.95. The van der Waals surface area contributed by atoms with Gasteiger partial charge in [0, 0.05) is 43.4 Å². The van der Waals surface area contributed by atoms with Gasteiger partial charge in [-0.2, -0.15) is 13.2 Å². The maximum absolute atomic E-state index is 13.0. The van der Waals surface area contributed by atoms with E-state index in [1.165, 1.54) is 12.3 Å². The molecule has 0 radical (unpaired) electrons. The quantitative estimate of drug-likeness (QED) is 0.801. The van der Waals surface area contributed by atoms with Crippen LogP contribution >= 0.6 is 0 Å². The molecule has 3 atom stereocenters. The monoisotopic (exact) mass is 419 g/mol. The molecule has 1 aromatic carbocycles. The molecule has 2 saturated heterocycles. The lowest BCUT2D eigenvalue weighted by atomic mass is 9.92. The number of carbonyl (C=O) groups excluding carboxylic acids is 1. The molecule has 3 unspecified atom stereocenters. The van der Waals surface area contributed by atoms with Crippen molar-refractivity contribution in [1.29, 1.82) is 0 Å². The topological polar surface area (TPSA) is 70.2 Å². The standard InChI is InChI=1S/C21H24F3N5O/c1-13-17(9-26-28-13)20(30)29-7-3-5-15(12-29)19-11-25-10-18(27-19)14-4-2-6-16(8-14)21(22,23)24/h2,4,6,8,10-11,13,15,17,26,28H,3,5,7,9,12H2,1H3. The van der Waals surface area contributed by atoms with Gasteiger partial charge in [0.15, 0.2) is 0 Å². The molecule has 1 aromatic heterocycles. The van der Waals surface area contributed by atoms with Crippen LogP contribution in [0.3, 0.4) is 0 Å². The fourth-order valence-corrected chi connectivity index (χ4v) is 4.13. The summed E-state index contributed by atoms with van der Waals surface area (Å²) in [6.45, 7) is 3.84. The summed E-state index contributed by atoms with van der Waals surface area (Å²) in [5, 5.41) is 0. The maximum atomic E-state index is 13.0. The molecule has 6 nitrogen and oxygen atoms in total. The van der Waals surface area contributed by atoms with Crippen LogP contribution in [0.5, 0.6) is 0 Å². The Hall–Kier alpha value is -2.52. The van der Waals surface area contributed by atoms with E-state index in [2.05, 4.69) is 20.8 Å². The molecule has 0 spiro atoms. The number of carbonyl (C=O) groups is 1. The highest BCUT2D eigenvalue weighted by Gasteiger charge is 2.35. The van der Waals surface area contributed by atoms with Crippen molar-refractivity contribution in [3.63, 3.8) is 0 Å². The Morgan fingerprint density at radius 3 is 2.83 bits per heavy atom. The molecule has 4 rings (SSSR count). The van der Waals surface area contributed by atoms with Crippen molar-refractivity contribution in [2.24, 2.45) is 5.92 Å². The first-order valence-corrected chi connectivity index (χ1v) is 10.1. The van der Waals surface area contributed by atoms with Crippen molar-refractivity contribution in [3.05, 3.63) is 47.9 Å². The van der Waals surface area contributed by atoms with E-state index in [1.54, 1.807) is 12.3 Å². The smallest absolute Gasteiger partial charge is 0.342 e. The molecule has 2 N–H and O–H groups in total. The third-order valence-electron chi connectivity index (χ3n) is 5.86. The summed E-state index contributed by atoms with van der Waals surface area (Å²) in [4.78, 5) is 23.6. The molecular formula is C21H24F3N5O. The Kier molecular flexibility index (Phi) is 5.75. The van der Waals surface area contributed by atoms with Gasteiger partial charge in [0.1, 0.15) is 0 Å². The lowest BCUT2D eigenvalue weighted by molar-refractivity contribution is -0.138. The highest BCUT2D eigenvalue weighted by atomic mass is 19.4. The Morgan fingerprint density at radius 2 is 2.10 bits per heavy atom. The van der Waals surface area contributed by atoms with Crippen molar-refractivity contribution in [1.82, 2.24) is 25.7 Å². The fraction of sp³-hybridized carbons (Fsp3) is 0.476. The molecule has 0 aliphatic carbocycles. The summed E-state index contributed by atoms with van der Waals surface area (Å²) < 4.78 is 39.1. The first-order valence-electron chi connectivity index (χ1n) is 10.1. The van der Waals surface area contributed by atoms with Crippen LogP contribution in [0.1, 0.15) is 36.9 Å². The second-order valence-electron chi connectivity index (χ2n) is 7.95. The van der Waals surface area contributed by atoms with Crippen LogP contribution in [0, 0.1) is 5.92 Å². The second kappa shape index (κ2) is 8.31. The summed E-state index contributed by atoms with van der Waals surface area (Å²) in [5.74, 6) is 0.0246. The largest absolute Gasteiger partial charge is 0.416 e. The number of alkyl halides is 3. The molecule has 30 heavy (non-hydrogen) atoms. The SMILES string of the molecule is CC1NNCC1C(=O)N1CCCC(c2cncc(-c3cccc(C(F)(F)F)c3)n2)C1. The highest BCUT2D eigenvalue weighted by molar-refractivity contribution is 5.80. The molecule has 2 fully saturated rings. The number of hydrazine groups is 1.